The first kappa shape index (κ1) is 19.1. The first-order valence-corrected chi connectivity index (χ1v) is 9.00. The standard InChI is InChI=1S/C17H14ClF2N5OS/c1-9(16(26)22-14-7-6-10(19)8-13(14)20)27-17-24-23-15(25(17)21)11-4-2-3-5-12(11)18/h2-9H,21H2,1H3,(H,22,26)/t9-/m1/s1. The lowest BCUT2D eigenvalue weighted by Gasteiger charge is -2.12. The third-order valence-corrected chi connectivity index (χ3v) is 5.01. The Bertz CT molecular complexity index is 997. The number of benzene rings is 2. The Labute approximate surface area is 162 Å². The zero-order chi connectivity index (χ0) is 19.6. The van der Waals surface area contributed by atoms with Gasteiger partial charge in [-0.3, -0.25) is 4.79 Å². The third kappa shape index (κ3) is 4.20. The van der Waals surface area contributed by atoms with E-state index in [1.54, 1.807) is 31.2 Å². The van der Waals surface area contributed by atoms with Gasteiger partial charge in [0.1, 0.15) is 11.6 Å². The van der Waals surface area contributed by atoms with Crippen molar-refractivity contribution < 1.29 is 13.6 Å². The summed E-state index contributed by atoms with van der Waals surface area (Å²) in [7, 11) is 0. The molecular weight excluding hydrogens is 396 g/mol. The second-order valence-corrected chi connectivity index (χ2v) is 7.24. The van der Waals surface area contributed by atoms with E-state index >= 15 is 0 Å². The summed E-state index contributed by atoms with van der Waals surface area (Å²) in [5, 5.41) is 10.5. The van der Waals surface area contributed by atoms with Gasteiger partial charge in [0, 0.05) is 11.6 Å². The molecular formula is C17H14ClF2N5OS. The molecule has 0 saturated carbocycles. The van der Waals surface area contributed by atoms with Crippen molar-refractivity contribution in [2.45, 2.75) is 17.3 Å². The molecule has 1 atom stereocenters. The number of halogens is 3. The third-order valence-electron chi connectivity index (χ3n) is 3.62. The molecule has 6 nitrogen and oxygen atoms in total. The molecule has 1 aromatic heterocycles. The average molecular weight is 410 g/mol. The highest BCUT2D eigenvalue weighted by Crippen LogP contribution is 2.29. The van der Waals surface area contributed by atoms with Crippen LogP contribution in [0.3, 0.4) is 0 Å². The van der Waals surface area contributed by atoms with E-state index in [1.165, 1.54) is 4.68 Å². The molecule has 0 aliphatic carbocycles. The van der Waals surface area contributed by atoms with Gasteiger partial charge in [0.25, 0.3) is 0 Å². The molecule has 0 aliphatic heterocycles. The van der Waals surface area contributed by atoms with Crippen molar-refractivity contribution in [1.82, 2.24) is 14.9 Å². The van der Waals surface area contributed by atoms with Gasteiger partial charge in [0.05, 0.1) is 16.0 Å². The molecule has 1 amide bonds. The predicted octanol–water partition coefficient (Wildman–Crippen LogP) is 3.71. The quantitative estimate of drug-likeness (QED) is 0.495. The molecule has 0 radical (unpaired) electrons. The van der Waals surface area contributed by atoms with Crippen LogP contribution in [0.2, 0.25) is 5.02 Å². The number of anilines is 1. The molecule has 2 aromatic carbocycles. The number of carbonyl (C=O) groups excluding carboxylic acids is 1. The van der Waals surface area contributed by atoms with Gasteiger partial charge in [0.15, 0.2) is 5.82 Å². The van der Waals surface area contributed by atoms with E-state index in [2.05, 4.69) is 15.5 Å². The van der Waals surface area contributed by atoms with E-state index < -0.39 is 22.8 Å². The van der Waals surface area contributed by atoms with Gasteiger partial charge in [-0.05, 0) is 31.2 Å². The number of thioether (sulfide) groups is 1. The van der Waals surface area contributed by atoms with Crippen molar-refractivity contribution in [2.24, 2.45) is 0 Å². The number of hydrogen-bond donors (Lipinski definition) is 2. The SMILES string of the molecule is C[C@@H](Sc1nnc(-c2ccccc2Cl)n1N)C(=O)Nc1ccc(F)cc1F. The second kappa shape index (κ2) is 7.93. The fraction of sp³-hybridized carbons (Fsp3) is 0.118. The van der Waals surface area contributed by atoms with Crippen LogP contribution in [0.1, 0.15) is 6.92 Å². The summed E-state index contributed by atoms with van der Waals surface area (Å²) in [6, 6.07) is 9.92. The van der Waals surface area contributed by atoms with Crippen LogP contribution in [-0.2, 0) is 4.79 Å². The highest BCUT2D eigenvalue weighted by molar-refractivity contribution is 8.00. The van der Waals surface area contributed by atoms with Crippen molar-refractivity contribution in [3.8, 4) is 11.4 Å². The maximum absolute atomic E-state index is 13.7. The van der Waals surface area contributed by atoms with Crippen molar-refractivity contribution >= 4 is 35.0 Å². The van der Waals surface area contributed by atoms with Crippen LogP contribution in [-0.4, -0.2) is 26.0 Å². The van der Waals surface area contributed by atoms with E-state index in [0.29, 0.717) is 22.5 Å². The number of nitrogen functional groups attached to an aromatic ring is 1. The average Bonchev–Trinajstić information content (AvgIpc) is 2.98. The molecule has 3 N–H and O–H groups in total. The molecule has 27 heavy (non-hydrogen) atoms. The molecule has 0 saturated heterocycles. The fourth-order valence-corrected chi connectivity index (χ4v) is 3.21. The lowest BCUT2D eigenvalue weighted by Crippen LogP contribution is -2.24. The summed E-state index contributed by atoms with van der Waals surface area (Å²) in [6.45, 7) is 1.60. The minimum absolute atomic E-state index is 0.111. The molecule has 0 unspecified atom stereocenters. The zero-order valence-electron chi connectivity index (χ0n) is 14.0. The van der Waals surface area contributed by atoms with Crippen molar-refractivity contribution in [3.05, 3.63) is 59.1 Å². The van der Waals surface area contributed by atoms with Gasteiger partial charge in [-0.15, -0.1) is 10.2 Å². The predicted molar refractivity (Wildman–Crippen MR) is 101 cm³/mol. The van der Waals surface area contributed by atoms with Gasteiger partial charge < -0.3 is 11.2 Å². The Hall–Kier alpha value is -2.65. The molecule has 0 aliphatic rings. The van der Waals surface area contributed by atoms with E-state index in [0.717, 1.165) is 23.9 Å². The molecule has 3 rings (SSSR count). The van der Waals surface area contributed by atoms with Crippen LogP contribution in [0.25, 0.3) is 11.4 Å². The molecule has 3 aromatic rings. The van der Waals surface area contributed by atoms with Crippen molar-refractivity contribution in [2.75, 3.05) is 11.2 Å². The molecule has 0 fully saturated rings. The van der Waals surface area contributed by atoms with Crippen LogP contribution >= 0.6 is 23.4 Å². The highest BCUT2D eigenvalue weighted by atomic mass is 35.5. The normalized spacial score (nSPS) is 12.0. The lowest BCUT2D eigenvalue weighted by molar-refractivity contribution is -0.115. The first-order chi connectivity index (χ1) is 12.9. The monoisotopic (exact) mass is 409 g/mol. The fourth-order valence-electron chi connectivity index (χ4n) is 2.22. The van der Waals surface area contributed by atoms with Crippen LogP contribution in [0.5, 0.6) is 0 Å². The van der Waals surface area contributed by atoms with Crippen LogP contribution in [0.4, 0.5) is 14.5 Å². The number of amides is 1. The summed E-state index contributed by atoms with van der Waals surface area (Å²) >= 11 is 7.18. The van der Waals surface area contributed by atoms with E-state index in [-0.39, 0.29) is 10.8 Å². The Morgan fingerprint density at radius 3 is 2.70 bits per heavy atom. The van der Waals surface area contributed by atoms with Crippen LogP contribution in [0, 0.1) is 11.6 Å². The molecule has 10 heteroatoms. The number of rotatable bonds is 5. The summed E-state index contributed by atoms with van der Waals surface area (Å²) < 4.78 is 27.9. The Kier molecular flexibility index (Phi) is 5.62. The Morgan fingerprint density at radius 2 is 2.00 bits per heavy atom. The lowest BCUT2D eigenvalue weighted by atomic mass is 10.2. The summed E-state index contributed by atoms with van der Waals surface area (Å²) in [4.78, 5) is 12.3. The molecule has 1 heterocycles. The second-order valence-electron chi connectivity index (χ2n) is 5.53. The van der Waals surface area contributed by atoms with E-state index in [9.17, 15) is 13.6 Å². The number of nitrogens with one attached hydrogen (secondary N) is 1. The minimum Gasteiger partial charge on any atom is -0.335 e. The maximum atomic E-state index is 13.7. The summed E-state index contributed by atoms with van der Waals surface area (Å²) in [5.41, 5.74) is 0.492. The van der Waals surface area contributed by atoms with Crippen LogP contribution in [0.15, 0.2) is 47.6 Å². The molecule has 0 spiro atoms. The number of nitrogens with zero attached hydrogens (tertiary/aromatic N) is 3. The van der Waals surface area contributed by atoms with Gasteiger partial charge in [0.2, 0.25) is 11.1 Å². The highest BCUT2D eigenvalue weighted by Gasteiger charge is 2.21. The summed E-state index contributed by atoms with van der Waals surface area (Å²) in [6.07, 6.45) is 0. The van der Waals surface area contributed by atoms with Crippen LogP contribution < -0.4 is 11.2 Å². The summed E-state index contributed by atoms with van der Waals surface area (Å²) in [5.74, 6) is 4.30. The molecule has 0 bridgehead atoms. The molecule has 140 valence electrons. The number of carbonyl (C=O) groups is 1. The van der Waals surface area contributed by atoms with Crippen molar-refractivity contribution in [3.63, 3.8) is 0 Å². The number of aromatic nitrogens is 3. The van der Waals surface area contributed by atoms with Gasteiger partial charge in [-0.25, -0.2) is 13.5 Å². The largest absolute Gasteiger partial charge is 0.335 e. The number of nitrogens with two attached hydrogens (primary N) is 1. The minimum atomic E-state index is -0.858. The zero-order valence-corrected chi connectivity index (χ0v) is 15.6. The topological polar surface area (TPSA) is 85.8 Å². The van der Waals surface area contributed by atoms with E-state index in [1.807, 2.05) is 0 Å². The smallest absolute Gasteiger partial charge is 0.237 e. The van der Waals surface area contributed by atoms with Gasteiger partial charge in [-0.1, -0.05) is 35.5 Å². The van der Waals surface area contributed by atoms with Gasteiger partial charge in [-0.2, -0.15) is 0 Å². The van der Waals surface area contributed by atoms with E-state index in [4.69, 9.17) is 17.4 Å². The Balaban J connectivity index is 1.73. The first-order valence-electron chi connectivity index (χ1n) is 7.74. The van der Waals surface area contributed by atoms with Gasteiger partial charge >= 0.3 is 0 Å². The maximum Gasteiger partial charge on any atom is 0.237 e. The van der Waals surface area contributed by atoms with Crippen molar-refractivity contribution in [1.29, 1.82) is 0 Å². The Morgan fingerprint density at radius 1 is 1.26 bits per heavy atom. The number of hydrogen-bond acceptors (Lipinski definition) is 5.